The van der Waals surface area contributed by atoms with E-state index >= 15 is 0 Å². The molecule has 2 saturated heterocycles. The van der Waals surface area contributed by atoms with Crippen molar-refractivity contribution in [1.29, 1.82) is 0 Å². The maximum atomic E-state index is 6.11. The summed E-state index contributed by atoms with van der Waals surface area (Å²) in [6, 6.07) is 15.5. The number of ether oxygens (including phenoxy) is 2. The number of halogens is 1. The van der Waals surface area contributed by atoms with E-state index in [1.54, 1.807) is 0 Å². The zero-order valence-electron chi connectivity index (χ0n) is 20.0. The number of benzene rings is 2. The van der Waals surface area contributed by atoms with Crippen molar-refractivity contribution >= 4 is 29.9 Å². The molecule has 2 aliphatic rings. The fourth-order valence-electron chi connectivity index (χ4n) is 4.51. The van der Waals surface area contributed by atoms with Crippen LogP contribution in [0.4, 0.5) is 0 Å². The van der Waals surface area contributed by atoms with Gasteiger partial charge in [0.25, 0.3) is 0 Å². The van der Waals surface area contributed by atoms with E-state index in [1.165, 1.54) is 27.8 Å². The molecule has 0 saturated carbocycles. The molecule has 4 rings (SSSR count). The van der Waals surface area contributed by atoms with Crippen molar-refractivity contribution in [1.82, 2.24) is 15.1 Å². The molecular weight excluding hydrogens is 527 g/mol. The topological polar surface area (TPSA) is 49.3 Å². The van der Waals surface area contributed by atoms with Crippen molar-refractivity contribution in [2.75, 3.05) is 53.0 Å². The second-order valence-electron chi connectivity index (χ2n) is 8.77. The van der Waals surface area contributed by atoms with Crippen LogP contribution >= 0.6 is 24.0 Å². The van der Waals surface area contributed by atoms with Gasteiger partial charge >= 0.3 is 0 Å². The maximum Gasteiger partial charge on any atom is 0.194 e. The molecule has 0 radical (unpaired) electrons. The van der Waals surface area contributed by atoms with Gasteiger partial charge in [0.1, 0.15) is 6.10 Å². The van der Waals surface area contributed by atoms with Gasteiger partial charge in [-0.25, -0.2) is 0 Å². The van der Waals surface area contributed by atoms with Crippen LogP contribution in [-0.4, -0.2) is 68.8 Å². The molecule has 2 aromatic rings. The van der Waals surface area contributed by atoms with Crippen LogP contribution in [0.15, 0.2) is 47.5 Å². The van der Waals surface area contributed by atoms with Gasteiger partial charge in [-0.05, 0) is 36.1 Å². The predicted octanol–water partition coefficient (Wildman–Crippen LogP) is 3.90. The molecule has 1 atom stereocenters. The predicted molar refractivity (Wildman–Crippen MR) is 144 cm³/mol. The Balaban J connectivity index is 0.00000306. The Bertz CT molecular complexity index is 913. The van der Waals surface area contributed by atoms with Crippen LogP contribution in [0.2, 0.25) is 0 Å². The number of guanidine groups is 1. The second-order valence-corrected chi connectivity index (χ2v) is 8.77. The van der Waals surface area contributed by atoms with Gasteiger partial charge in [0.2, 0.25) is 0 Å². The molecule has 1 unspecified atom stereocenters. The molecule has 0 spiro atoms. The highest BCUT2D eigenvalue weighted by Crippen LogP contribution is 2.26. The van der Waals surface area contributed by atoms with Gasteiger partial charge in [0, 0.05) is 39.8 Å². The quantitative estimate of drug-likeness (QED) is 0.339. The molecule has 7 heteroatoms. The fraction of sp³-hybridized carbons (Fsp3) is 0.500. The molecule has 2 fully saturated rings. The van der Waals surface area contributed by atoms with Gasteiger partial charge in [-0.15, -0.1) is 24.0 Å². The van der Waals surface area contributed by atoms with Crippen molar-refractivity contribution in [3.8, 4) is 0 Å². The first-order valence-corrected chi connectivity index (χ1v) is 11.6. The first-order valence-electron chi connectivity index (χ1n) is 11.6. The lowest BCUT2D eigenvalue weighted by Gasteiger charge is -2.36. The van der Waals surface area contributed by atoms with Gasteiger partial charge in [-0.1, -0.05) is 48.0 Å². The van der Waals surface area contributed by atoms with Crippen LogP contribution < -0.4 is 5.32 Å². The number of aryl methyl sites for hydroxylation is 2. The molecule has 0 bridgehead atoms. The Morgan fingerprint density at radius 1 is 1.00 bits per heavy atom. The molecule has 2 aliphatic heterocycles. The summed E-state index contributed by atoms with van der Waals surface area (Å²) in [4.78, 5) is 9.30. The monoisotopic (exact) mass is 564 g/mol. The summed E-state index contributed by atoms with van der Waals surface area (Å²) < 4.78 is 11.6. The Morgan fingerprint density at radius 2 is 1.73 bits per heavy atom. The molecule has 1 N–H and O–H groups in total. The summed E-state index contributed by atoms with van der Waals surface area (Å²) in [7, 11) is 1.86. The largest absolute Gasteiger partial charge is 0.379 e. The zero-order chi connectivity index (χ0) is 22.3. The molecule has 6 nitrogen and oxygen atoms in total. The smallest absolute Gasteiger partial charge is 0.194 e. The zero-order valence-corrected chi connectivity index (χ0v) is 22.4. The van der Waals surface area contributed by atoms with E-state index in [2.05, 4.69) is 76.4 Å². The van der Waals surface area contributed by atoms with Crippen LogP contribution in [0.3, 0.4) is 0 Å². The summed E-state index contributed by atoms with van der Waals surface area (Å²) in [6.45, 7) is 12.1. The third-order valence-electron chi connectivity index (χ3n) is 6.33. The maximum absolute atomic E-state index is 6.11. The fourth-order valence-corrected chi connectivity index (χ4v) is 4.51. The highest BCUT2D eigenvalue weighted by atomic mass is 127. The molecule has 0 aliphatic carbocycles. The highest BCUT2D eigenvalue weighted by molar-refractivity contribution is 14.0. The van der Waals surface area contributed by atoms with Gasteiger partial charge in [0.15, 0.2) is 5.96 Å². The lowest BCUT2D eigenvalue weighted by atomic mass is 10.00. The average molecular weight is 565 g/mol. The van der Waals surface area contributed by atoms with E-state index in [4.69, 9.17) is 9.47 Å². The van der Waals surface area contributed by atoms with Crippen LogP contribution in [0, 0.1) is 13.8 Å². The Kier molecular flexibility index (Phi) is 9.97. The molecule has 2 aromatic carbocycles. The third kappa shape index (κ3) is 7.15. The van der Waals surface area contributed by atoms with Crippen molar-refractivity contribution in [3.63, 3.8) is 0 Å². The molecule has 0 aromatic heterocycles. The van der Waals surface area contributed by atoms with E-state index in [0.29, 0.717) is 6.61 Å². The minimum Gasteiger partial charge on any atom is -0.379 e. The summed E-state index contributed by atoms with van der Waals surface area (Å²) in [5, 5.41) is 3.55. The number of hydrogen-bond acceptors (Lipinski definition) is 4. The molecule has 0 amide bonds. The van der Waals surface area contributed by atoms with Crippen LogP contribution in [0.25, 0.3) is 0 Å². The summed E-state index contributed by atoms with van der Waals surface area (Å²) >= 11 is 0. The summed E-state index contributed by atoms with van der Waals surface area (Å²) in [5.41, 5.74) is 6.46. The first kappa shape index (κ1) is 25.9. The number of rotatable bonds is 5. The summed E-state index contributed by atoms with van der Waals surface area (Å²) in [6.07, 6.45) is 0.0716. The van der Waals surface area contributed by atoms with Gasteiger partial charge in [0.05, 0.1) is 26.4 Å². The van der Waals surface area contributed by atoms with E-state index in [1.807, 2.05) is 7.05 Å². The van der Waals surface area contributed by atoms with Crippen LogP contribution in [-0.2, 0) is 22.6 Å². The molecule has 33 heavy (non-hydrogen) atoms. The highest BCUT2D eigenvalue weighted by Gasteiger charge is 2.25. The second kappa shape index (κ2) is 12.7. The molecular formula is C26H37IN4O2. The number of nitrogens with one attached hydrogen (secondary N) is 1. The Morgan fingerprint density at radius 3 is 2.42 bits per heavy atom. The van der Waals surface area contributed by atoms with Crippen LogP contribution in [0.5, 0.6) is 0 Å². The minimum absolute atomic E-state index is 0. The van der Waals surface area contributed by atoms with Crippen molar-refractivity contribution in [2.24, 2.45) is 4.99 Å². The van der Waals surface area contributed by atoms with Gasteiger partial charge < -0.3 is 19.7 Å². The van der Waals surface area contributed by atoms with E-state index in [9.17, 15) is 0 Å². The lowest BCUT2D eigenvalue weighted by Crippen LogP contribution is -2.48. The average Bonchev–Trinajstić information content (AvgIpc) is 2.81. The van der Waals surface area contributed by atoms with Gasteiger partial charge in [-0.3, -0.25) is 9.89 Å². The van der Waals surface area contributed by atoms with E-state index in [0.717, 1.165) is 58.4 Å². The Hall–Kier alpha value is -1.68. The molecule has 180 valence electrons. The van der Waals surface area contributed by atoms with Crippen molar-refractivity contribution in [2.45, 2.75) is 33.0 Å². The minimum atomic E-state index is 0. The summed E-state index contributed by atoms with van der Waals surface area (Å²) in [5.74, 6) is 0.931. The number of morpholine rings is 2. The van der Waals surface area contributed by atoms with Crippen LogP contribution in [0.1, 0.15) is 33.9 Å². The van der Waals surface area contributed by atoms with E-state index < -0.39 is 0 Å². The third-order valence-corrected chi connectivity index (χ3v) is 6.33. The number of aliphatic imine (C=N–C) groups is 1. The van der Waals surface area contributed by atoms with Gasteiger partial charge in [-0.2, -0.15) is 0 Å². The van der Waals surface area contributed by atoms with Crippen molar-refractivity contribution < 1.29 is 9.47 Å². The standard InChI is InChI=1S/C26H36N4O2.HI/c1-20-4-9-24(21(2)16-20)25-19-30(12-15-32-25)26(27-3)28-17-22-5-7-23(8-6-22)18-29-10-13-31-14-11-29;/h4-9,16,25H,10-15,17-19H2,1-3H3,(H,27,28);1H. The normalized spacial score (nSPS) is 19.8. The van der Waals surface area contributed by atoms with Crippen molar-refractivity contribution in [3.05, 3.63) is 70.3 Å². The van der Waals surface area contributed by atoms with E-state index in [-0.39, 0.29) is 30.1 Å². The lowest BCUT2D eigenvalue weighted by molar-refractivity contribution is -0.00834. The first-order chi connectivity index (χ1) is 15.6. The number of hydrogen-bond donors (Lipinski definition) is 1. The number of nitrogens with zero attached hydrogens (tertiary/aromatic N) is 3. The Labute approximate surface area is 215 Å². The molecule has 2 heterocycles. The SMILES string of the molecule is CN=C(NCc1ccc(CN2CCOCC2)cc1)N1CCOC(c2ccc(C)cc2C)C1.I.